The number of likely N-dealkylation sites (N-methyl/N-ethyl adjacent to an activating group) is 1. The van der Waals surface area contributed by atoms with E-state index in [2.05, 4.69) is 42.4 Å². The van der Waals surface area contributed by atoms with Crippen molar-refractivity contribution < 1.29 is 9.53 Å². The van der Waals surface area contributed by atoms with Crippen LogP contribution in [0.4, 0.5) is 0 Å². The number of nitrogens with one attached hydrogen (secondary N) is 1. The van der Waals surface area contributed by atoms with Crippen molar-refractivity contribution in [2.75, 3.05) is 33.3 Å². The highest BCUT2D eigenvalue weighted by atomic mass is 16.5. The summed E-state index contributed by atoms with van der Waals surface area (Å²) in [6.45, 7) is 5.29. The first-order chi connectivity index (χ1) is 9.63. The molecule has 0 aromatic heterocycles. The lowest BCUT2D eigenvalue weighted by Crippen LogP contribution is -2.45. The summed E-state index contributed by atoms with van der Waals surface area (Å²) < 4.78 is 5.62. The molecule has 2 rings (SSSR count). The van der Waals surface area contributed by atoms with Crippen molar-refractivity contribution in [3.8, 4) is 0 Å². The highest BCUT2D eigenvalue weighted by Gasteiger charge is 2.17. The molecule has 1 aliphatic heterocycles. The van der Waals surface area contributed by atoms with Crippen LogP contribution in [0.3, 0.4) is 0 Å². The zero-order chi connectivity index (χ0) is 14.4. The molecule has 1 saturated heterocycles. The fraction of sp³-hybridized carbons (Fsp3) is 0.562. The van der Waals surface area contributed by atoms with Crippen LogP contribution in [0.5, 0.6) is 0 Å². The zero-order valence-electron chi connectivity index (χ0n) is 12.4. The van der Waals surface area contributed by atoms with E-state index in [1.807, 2.05) is 6.07 Å². The number of hydrogen-bond donors (Lipinski definition) is 1. The monoisotopic (exact) mass is 276 g/mol. The van der Waals surface area contributed by atoms with Gasteiger partial charge in [0, 0.05) is 26.1 Å². The molecular formula is C16H24N2O2. The van der Waals surface area contributed by atoms with E-state index in [1.165, 1.54) is 11.1 Å². The van der Waals surface area contributed by atoms with Crippen LogP contribution in [0.15, 0.2) is 24.3 Å². The molecule has 0 aliphatic carbocycles. The van der Waals surface area contributed by atoms with E-state index < -0.39 is 0 Å². The Labute approximate surface area is 121 Å². The highest BCUT2D eigenvalue weighted by molar-refractivity contribution is 5.76. The predicted molar refractivity (Wildman–Crippen MR) is 79.7 cm³/mol. The highest BCUT2D eigenvalue weighted by Crippen LogP contribution is 2.07. The second kappa shape index (κ2) is 7.41. The number of carbonyl (C=O) groups excluding carboxylic acids is 1. The first-order valence-corrected chi connectivity index (χ1v) is 7.26. The third kappa shape index (κ3) is 4.94. The van der Waals surface area contributed by atoms with Crippen LogP contribution in [-0.2, 0) is 16.0 Å². The van der Waals surface area contributed by atoms with Gasteiger partial charge in [0.1, 0.15) is 0 Å². The number of benzene rings is 1. The molecule has 1 N–H and O–H groups in total. The first kappa shape index (κ1) is 15.0. The molecule has 110 valence electrons. The summed E-state index contributed by atoms with van der Waals surface area (Å²) in [5.41, 5.74) is 2.45. The minimum Gasteiger partial charge on any atom is -0.374 e. The van der Waals surface area contributed by atoms with Crippen molar-refractivity contribution in [2.45, 2.75) is 25.9 Å². The van der Waals surface area contributed by atoms with Gasteiger partial charge >= 0.3 is 0 Å². The zero-order valence-corrected chi connectivity index (χ0v) is 12.4. The molecular weight excluding hydrogens is 252 g/mol. The van der Waals surface area contributed by atoms with Crippen LogP contribution in [0.25, 0.3) is 0 Å². The van der Waals surface area contributed by atoms with E-state index in [1.54, 1.807) is 0 Å². The summed E-state index contributed by atoms with van der Waals surface area (Å²) >= 11 is 0. The average Bonchev–Trinajstić information content (AvgIpc) is 2.43. The van der Waals surface area contributed by atoms with E-state index in [-0.39, 0.29) is 12.0 Å². The van der Waals surface area contributed by atoms with E-state index >= 15 is 0 Å². The number of amides is 1. The summed E-state index contributed by atoms with van der Waals surface area (Å²) in [6.07, 6.45) is 1.45. The van der Waals surface area contributed by atoms with Crippen molar-refractivity contribution in [1.82, 2.24) is 10.2 Å². The fourth-order valence-corrected chi connectivity index (χ4v) is 2.43. The third-order valence-corrected chi connectivity index (χ3v) is 3.59. The predicted octanol–water partition coefficient (Wildman–Crippen LogP) is 1.37. The smallest absolute Gasteiger partial charge is 0.220 e. The van der Waals surface area contributed by atoms with E-state index in [9.17, 15) is 4.79 Å². The molecule has 1 fully saturated rings. The lowest BCUT2D eigenvalue weighted by molar-refractivity contribution is -0.122. The van der Waals surface area contributed by atoms with Crippen molar-refractivity contribution in [3.05, 3.63) is 35.4 Å². The number of ether oxygens (including phenoxy) is 1. The Bertz CT molecular complexity index is 448. The average molecular weight is 276 g/mol. The molecule has 1 heterocycles. The largest absolute Gasteiger partial charge is 0.374 e. The van der Waals surface area contributed by atoms with Gasteiger partial charge in [0.15, 0.2) is 0 Å². The van der Waals surface area contributed by atoms with Crippen LogP contribution >= 0.6 is 0 Å². The number of nitrogens with zero attached hydrogens (tertiary/aromatic N) is 1. The van der Waals surface area contributed by atoms with E-state index in [0.717, 1.165) is 26.1 Å². The fourth-order valence-electron chi connectivity index (χ4n) is 2.43. The topological polar surface area (TPSA) is 41.6 Å². The molecule has 1 aromatic rings. The maximum atomic E-state index is 11.8. The minimum absolute atomic E-state index is 0.100. The van der Waals surface area contributed by atoms with Crippen LogP contribution in [0.2, 0.25) is 0 Å². The molecule has 20 heavy (non-hydrogen) atoms. The van der Waals surface area contributed by atoms with E-state index in [0.29, 0.717) is 13.0 Å². The number of aryl methyl sites for hydroxylation is 2. The summed E-state index contributed by atoms with van der Waals surface area (Å²) in [4.78, 5) is 14.1. The lowest BCUT2D eigenvalue weighted by atomic mass is 10.1. The van der Waals surface area contributed by atoms with Gasteiger partial charge < -0.3 is 15.0 Å². The summed E-state index contributed by atoms with van der Waals surface area (Å²) in [6, 6.07) is 8.31. The van der Waals surface area contributed by atoms with Gasteiger partial charge in [-0.05, 0) is 26.0 Å². The van der Waals surface area contributed by atoms with Gasteiger partial charge in [-0.15, -0.1) is 0 Å². The molecule has 0 spiro atoms. The Kier molecular flexibility index (Phi) is 5.56. The molecule has 1 aromatic carbocycles. The Morgan fingerprint density at radius 2 is 2.35 bits per heavy atom. The number of rotatable bonds is 5. The van der Waals surface area contributed by atoms with Gasteiger partial charge in [-0.3, -0.25) is 4.79 Å². The Hall–Kier alpha value is -1.39. The number of hydrogen-bond acceptors (Lipinski definition) is 3. The molecule has 4 heteroatoms. The molecule has 1 unspecified atom stereocenters. The lowest BCUT2D eigenvalue weighted by Gasteiger charge is -2.30. The van der Waals surface area contributed by atoms with Gasteiger partial charge in [-0.2, -0.15) is 0 Å². The number of morpholine rings is 1. The standard InChI is InChI=1S/C16H24N2O2/c1-13-4-3-5-14(10-13)6-7-16(19)17-11-15-12-18(2)8-9-20-15/h3-5,10,15H,6-9,11-12H2,1-2H3,(H,17,19). The minimum atomic E-state index is 0.100. The Morgan fingerprint density at radius 1 is 1.50 bits per heavy atom. The van der Waals surface area contributed by atoms with Gasteiger partial charge in [-0.25, -0.2) is 0 Å². The quantitative estimate of drug-likeness (QED) is 0.883. The van der Waals surface area contributed by atoms with Crippen LogP contribution in [0.1, 0.15) is 17.5 Å². The Balaban J connectivity index is 1.67. The second-order valence-corrected chi connectivity index (χ2v) is 5.55. The maximum Gasteiger partial charge on any atom is 0.220 e. The van der Waals surface area contributed by atoms with Crippen molar-refractivity contribution in [1.29, 1.82) is 0 Å². The molecule has 1 aliphatic rings. The van der Waals surface area contributed by atoms with Gasteiger partial charge in [0.2, 0.25) is 5.91 Å². The maximum absolute atomic E-state index is 11.8. The number of carbonyl (C=O) groups is 1. The van der Waals surface area contributed by atoms with Crippen LogP contribution < -0.4 is 5.32 Å². The van der Waals surface area contributed by atoms with Crippen LogP contribution in [-0.4, -0.2) is 50.2 Å². The summed E-state index contributed by atoms with van der Waals surface area (Å²) in [5, 5.41) is 2.97. The third-order valence-electron chi connectivity index (χ3n) is 3.59. The molecule has 0 saturated carbocycles. The van der Waals surface area contributed by atoms with E-state index in [4.69, 9.17) is 4.74 Å². The first-order valence-electron chi connectivity index (χ1n) is 7.26. The van der Waals surface area contributed by atoms with Crippen LogP contribution in [0, 0.1) is 6.92 Å². The normalized spacial score (nSPS) is 19.8. The van der Waals surface area contributed by atoms with Crippen molar-refractivity contribution in [2.24, 2.45) is 0 Å². The molecule has 0 radical (unpaired) electrons. The Morgan fingerprint density at radius 3 is 3.10 bits per heavy atom. The van der Waals surface area contributed by atoms with Gasteiger partial charge in [0.05, 0.1) is 12.7 Å². The summed E-state index contributed by atoms with van der Waals surface area (Å²) in [5.74, 6) is 0.100. The van der Waals surface area contributed by atoms with Gasteiger partial charge in [-0.1, -0.05) is 29.8 Å². The molecule has 1 atom stereocenters. The van der Waals surface area contributed by atoms with Crippen molar-refractivity contribution in [3.63, 3.8) is 0 Å². The molecule has 0 bridgehead atoms. The SMILES string of the molecule is Cc1cccc(CCC(=O)NCC2CN(C)CCO2)c1. The summed E-state index contributed by atoms with van der Waals surface area (Å²) in [7, 11) is 2.08. The van der Waals surface area contributed by atoms with Gasteiger partial charge in [0.25, 0.3) is 0 Å². The second-order valence-electron chi connectivity index (χ2n) is 5.55. The molecule has 1 amide bonds. The molecule has 4 nitrogen and oxygen atoms in total. The van der Waals surface area contributed by atoms with Crippen molar-refractivity contribution >= 4 is 5.91 Å².